The Bertz CT molecular complexity index is 554. The first-order valence-corrected chi connectivity index (χ1v) is 5.10. The van der Waals surface area contributed by atoms with E-state index in [1.165, 1.54) is 6.20 Å². The molecule has 17 heavy (non-hydrogen) atoms. The number of carbonyl (C=O) groups excluding carboxylic acids is 1. The predicted octanol–water partition coefficient (Wildman–Crippen LogP) is 1.62. The number of nitrogen functional groups attached to an aromatic ring is 1. The number of nitrogens with zero attached hydrogens (tertiary/aromatic N) is 2. The zero-order valence-electron chi connectivity index (χ0n) is 9.34. The fraction of sp³-hybridized carbons (Fsp3) is 0.0833. The minimum atomic E-state index is -0.337. The summed E-state index contributed by atoms with van der Waals surface area (Å²) in [5.41, 5.74) is 7.83. The Morgan fingerprint density at radius 3 is 2.94 bits per heavy atom. The molecule has 0 saturated carbocycles. The highest BCUT2D eigenvalue weighted by atomic mass is 16.1. The minimum absolute atomic E-state index is 0.217. The molecule has 0 spiro atoms. The summed E-state index contributed by atoms with van der Waals surface area (Å²) in [6, 6.07) is 5.14. The van der Waals surface area contributed by atoms with Crippen molar-refractivity contribution in [1.29, 1.82) is 0 Å². The topological polar surface area (TPSA) is 80.9 Å². The highest BCUT2D eigenvalue weighted by Gasteiger charge is 2.10. The molecule has 2 aromatic heterocycles. The lowest BCUT2D eigenvalue weighted by atomic mass is 10.2. The second-order valence-electron chi connectivity index (χ2n) is 3.65. The largest absolute Gasteiger partial charge is 0.397 e. The highest BCUT2D eigenvalue weighted by molar-refractivity contribution is 6.06. The minimum Gasteiger partial charge on any atom is -0.397 e. The fourth-order valence-corrected chi connectivity index (χ4v) is 1.42. The number of aryl methyl sites for hydroxylation is 1. The van der Waals surface area contributed by atoms with E-state index in [1.54, 1.807) is 24.5 Å². The molecular weight excluding hydrogens is 216 g/mol. The maximum absolute atomic E-state index is 11.9. The first-order valence-electron chi connectivity index (χ1n) is 5.10. The molecule has 0 aliphatic heterocycles. The molecular formula is C12H12N4O. The van der Waals surface area contributed by atoms with Crippen molar-refractivity contribution in [2.24, 2.45) is 0 Å². The van der Waals surface area contributed by atoms with Crippen molar-refractivity contribution < 1.29 is 4.79 Å². The number of hydrogen-bond donors (Lipinski definition) is 2. The third-order valence-corrected chi connectivity index (χ3v) is 2.19. The van der Waals surface area contributed by atoms with Gasteiger partial charge in [0.05, 0.1) is 17.6 Å². The smallest absolute Gasteiger partial charge is 0.276 e. The number of aromatic nitrogens is 2. The molecule has 0 fully saturated rings. The van der Waals surface area contributed by atoms with Crippen LogP contribution in [0.2, 0.25) is 0 Å². The van der Waals surface area contributed by atoms with Crippen LogP contribution >= 0.6 is 0 Å². The van der Waals surface area contributed by atoms with Gasteiger partial charge < -0.3 is 11.1 Å². The second kappa shape index (κ2) is 4.61. The number of amides is 1. The third-order valence-electron chi connectivity index (χ3n) is 2.19. The molecule has 5 heteroatoms. The lowest BCUT2D eigenvalue weighted by Crippen LogP contribution is -2.15. The molecule has 5 nitrogen and oxygen atoms in total. The molecule has 2 heterocycles. The van der Waals surface area contributed by atoms with E-state index in [-0.39, 0.29) is 11.6 Å². The van der Waals surface area contributed by atoms with Crippen molar-refractivity contribution in [3.63, 3.8) is 0 Å². The van der Waals surface area contributed by atoms with Crippen LogP contribution in [0.25, 0.3) is 0 Å². The van der Waals surface area contributed by atoms with E-state index in [0.29, 0.717) is 11.4 Å². The number of pyridine rings is 2. The molecule has 0 aliphatic carbocycles. The number of anilines is 2. The lowest BCUT2D eigenvalue weighted by molar-refractivity contribution is 0.102. The Hall–Kier alpha value is -2.43. The van der Waals surface area contributed by atoms with Crippen LogP contribution in [-0.2, 0) is 0 Å². The molecule has 2 rings (SSSR count). The lowest BCUT2D eigenvalue weighted by Gasteiger charge is -2.06. The van der Waals surface area contributed by atoms with Gasteiger partial charge in [-0.2, -0.15) is 0 Å². The molecule has 0 radical (unpaired) electrons. The molecule has 86 valence electrons. The van der Waals surface area contributed by atoms with Gasteiger partial charge >= 0.3 is 0 Å². The SMILES string of the molecule is Cc1cncc(NC(=O)c2ncccc2N)c1. The van der Waals surface area contributed by atoms with Crippen molar-refractivity contribution in [3.05, 3.63) is 48.0 Å². The Labute approximate surface area is 98.7 Å². The van der Waals surface area contributed by atoms with Gasteiger partial charge in [-0.1, -0.05) is 0 Å². The zero-order chi connectivity index (χ0) is 12.3. The summed E-state index contributed by atoms with van der Waals surface area (Å²) in [6.45, 7) is 1.90. The van der Waals surface area contributed by atoms with Crippen LogP contribution in [0.4, 0.5) is 11.4 Å². The average Bonchev–Trinajstić information content (AvgIpc) is 2.29. The first kappa shape index (κ1) is 11.1. The van der Waals surface area contributed by atoms with E-state index in [2.05, 4.69) is 15.3 Å². The quantitative estimate of drug-likeness (QED) is 0.818. The number of nitrogens with one attached hydrogen (secondary N) is 1. The summed E-state index contributed by atoms with van der Waals surface area (Å²) in [4.78, 5) is 19.8. The molecule has 0 atom stereocenters. The van der Waals surface area contributed by atoms with Crippen molar-refractivity contribution in [3.8, 4) is 0 Å². The fourth-order valence-electron chi connectivity index (χ4n) is 1.42. The van der Waals surface area contributed by atoms with Gasteiger partial charge in [-0.05, 0) is 30.7 Å². The van der Waals surface area contributed by atoms with E-state index < -0.39 is 0 Å². The zero-order valence-corrected chi connectivity index (χ0v) is 9.34. The number of rotatable bonds is 2. The Morgan fingerprint density at radius 2 is 2.24 bits per heavy atom. The molecule has 0 aliphatic rings. The summed E-state index contributed by atoms with van der Waals surface area (Å²) >= 11 is 0. The van der Waals surface area contributed by atoms with E-state index >= 15 is 0 Å². The second-order valence-corrected chi connectivity index (χ2v) is 3.65. The molecule has 0 bridgehead atoms. The Kier molecular flexibility index (Phi) is 3.00. The summed E-state index contributed by atoms with van der Waals surface area (Å²) in [7, 11) is 0. The van der Waals surface area contributed by atoms with Crippen molar-refractivity contribution in [1.82, 2.24) is 9.97 Å². The van der Waals surface area contributed by atoms with Crippen molar-refractivity contribution >= 4 is 17.3 Å². The van der Waals surface area contributed by atoms with Crippen LogP contribution in [0.3, 0.4) is 0 Å². The molecule has 2 aromatic rings. The summed E-state index contributed by atoms with van der Waals surface area (Å²) in [5.74, 6) is -0.337. The molecule has 3 N–H and O–H groups in total. The predicted molar refractivity (Wildman–Crippen MR) is 65.6 cm³/mol. The van der Waals surface area contributed by atoms with Crippen LogP contribution in [0.15, 0.2) is 36.8 Å². The summed E-state index contributed by atoms with van der Waals surface area (Å²) in [6.07, 6.45) is 4.81. The van der Waals surface area contributed by atoms with Gasteiger partial charge in [0.25, 0.3) is 5.91 Å². The van der Waals surface area contributed by atoms with E-state index in [0.717, 1.165) is 5.56 Å². The van der Waals surface area contributed by atoms with Gasteiger partial charge in [-0.3, -0.25) is 9.78 Å². The van der Waals surface area contributed by atoms with Gasteiger partial charge in [0.1, 0.15) is 0 Å². The normalized spacial score (nSPS) is 9.94. The number of nitrogens with two attached hydrogens (primary N) is 1. The van der Waals surface area contributed by atoms with Crippen molar-refractivity contribution in [2.45, 2.75) is 6.92 Å². The van der Waals surface area contributed by atoms with Crippen LogP contribution < -0.4 is 11.1 Å². The van der Waals surface area contributed by atoms with Gasteiger partial charge in [0.2, 0.25) is 0 Å². The van der Waals surface area contributed by atoms with Gasteiger partial charge in [0.15, 0.2) is 5.69 Å². The number of hydrogen-bond acceptors (Lipinski definition) is 4. The van der Waals surface area contributed by atoms with Crippen LogP contribution in [0.5, 0.6) is 0 Å². The van der Waals surface area contributed by atoms with Crippen molar-refractivity contribution in [2.75, 3.05) is 11.1 Å². The summed E-state index contributed by atoms with van der Waals surface area (Å²) in [5, 5.41) is 2.70. The summed E-state index contributed by atoms with van der Waals surface area (Å²) < 4.78 is 0. The Morgan fingerprint density at radius 1 is 1.41 bits per heavy atom. The standard InChI is InChI=1S/C12H12N4O/c1-8-5-9(7-14-6-8)16-12(17)11-10(13)3-2-4-15-11/h2-7H,13H2,1H3,(H,16,17). The van der Waals surface area contributed by atoms with Gasteiger partial charge in [0, 0.05) is 12.4 Å². The monoisotopic (exact) mass is 228 g/mol. The Balaban J connectivity index is 2.20. The van der Waals surface area contributed by atoms with E-state index in [4.69, 9.17) is 5.73 Å². The molecule has 0 saturated heterocycles. The first-order chi connectivity index (χ1) is 8.16. The van der Waals surface area contributed by atoms with Gasteiger partial charge in [-0.15, -0.1) is 0 Å². The van der Waals surface area contributed by atoms with Crippen LogP contribution in [0, 0.1) is 6.92 Å². The van der Waals surface area contributed by atoms with Crippen LogP contribution in [-0.4, -0.2) is 15.9 Å². The number of carbonyl (C=O) groups is 1. The molecule has 1 amide bonds. The molecule has 0 unspecified atom stereocenters. The van der Waals surface area contributed by atoms with E-state index in [9.17, 15) is 4.79 Å². The molecule has 0 aromatic carbocycles. The van der Waals surface area contributed by atoms with Gasteiger partial charge in [-0.25, -0.2) is 4.98 Å². The van der Waals surface area contributed by atoms with E-state index in [1.807, 2.05) is 13.0 Å². The maximum atomic E-state index is 11.9. The average molecular weight is 228 g/mol. The van der Waals surface area contributed by atoms with Crippen LogP contribution in [0.1, 0.15) is 16.1 Å². The maximum Gasteiger partial charge on any atom is 0.276 e. The highest BCUT2D eigenvalue weighted by Crippen LogP contribution is 2.12. The third kappa shape index (κ3) is 2.57.